The van der Waals surface area contributed by atoms with Crippen LogP contribution in [0.15, 0.2) is 90.1 Å². The average molecular weight is 939 g/mol. The van der Waals surface area contributed by atoms with Crippen LogP contribution in [0.1, 0.15) is 40.4 Å². The van der Waals surface area contributed by atoms with E-state index in [2.05, 4.69) is 50.5 Å². The van der Waals surface area contributed by atoms with Gasteiger partial charge in [-0.25, -0.2) is 18.1 Å². The van der Waals surface area contributed by atoms with Gasteiger partial charge in [-0.05, 0) is 78.7 Å². The van der Waals surface area contributed by atoms with E-state index in [0.29, 0.717) is 77.2 Å². The molecule has 3 aliphatic rings. The second-order valence-electron chi connectivity index (χ2n) is 18.4. The second-order valence-corrected chi connectivity index (χ2v) is 25.7. The first-order valence-electron chi connectivity index (χ1n) is 22.5. The number of aromatic nitrogens is 2. The van der Waals surface area contributed by atoms with Gasteiger partial charge in [0, 0.05) is 104 Å². The number of nitro benzene ring substituents is 1. The molecule has 2 fully saturated rings. The lowest BCUT2D eigenvalue weighted by molar-refractivity contribution is -0.384. The van der Waals surface area contributed by atoms with Gasteiger partial charge in [0.1, 0.15) is 35.6 Å². The summed E-state index contributed by atoms with van der Waals surface area (Å²) in [5.41, 5.74) is 3.28. The van der Waals surface area contributed by atoms with E-state index in [4.69, 9.17) is 14.2 Å². The predicted octanol–water partition coefficient (Wildman–Crippen LogP) is 6.88. The van der Waals surface area contributed by atoms with Gasteiger partial charge >= 0.3 is 0 Å². The van der Waals surface area contributed by atoms with E-state index in [-0.39, 0.29) is 28.8 Å². The number of carbonyl (C=O) groups excluding carboxylic acids is 2. The van der Waals surface area contributed by atoms with E-state index in [1.165, 1.54) is 23.8 Å². The Balaban J connectivity index is 1.04. The Labute approximate surface area is 386 Å². The van der Waals surface area contributed by atoms with Crippen LogP contribution in [0.2, 0.25) is 25.7 Å². The number of hydrogen-bond acceptors (Lipinski definition) is 13. The first-order valence-corrected chi connectivity index (χ1v) is 27.7. The van der Waals surface area contributed by atoms with Gasteiger partial charge in [0.15, 0.2) is 0 Å². The second kappa shape index (κ2) is 19.9. The molecule has 2 N–H and O–H groups in total. The molecule has 0 aliphatic carbocycles. The van der Waals surface area contributed by atoms with Crippen molar-refractivity contribution in [3.63, 3.8) is 0 Å². The normalized spacial score (nSPS) is 17.6. The number of sulfonamides is 1. The van der Waals surface area contributed by atoms with Crippen molar-refractivity contribution in [1.29, 1.82) is 0 Å². The Morgan fingerprint density at radius 1 is 0.985 bits per heavy atom. The molecule has 1 atom stereocenters. The molecule has 5 aromatic rings. The van der Waals surface area contributed by atoms with Gasteiger partial charge in [0.25, 0.3) is 21.6 Å². The third kappa shape index (κ3) is 10.9. The van der Waals surface area contributed by atoms with Crippen molar-refractivity contribution in [2.75, 3.05) is 76.4 Å². The standard InChI is InChI=1S/C47H58N8O9SSi/c1-51-17-13-34-7-5-6-8-39(34)44(47(51)57)53-21-19-52(20-22-53)36-9-11-40(43(28-36)64-37-27-35-14-18-54(45(35)49-31-37)32-63-25-26-66(2,3)4)46(56)50-65(60,61)38-10-12-41(42(29-38)55(58)59)48-30-33-15-23-62-24-16-33/h5-12,14,18,27-29,31,33,44,48H,13,15-17,19-26,30,32H2,1-4H3,(H,50,56). The van der Waals surface area contributed by atoms with Crippen LogP contribution >= 0.6 is 0 Å². The summed E-state index contributed by atoms with van der Waals surface area (Å²) in [6.45, 7) is 12.6. The minimum atomic E-state index is -4.60. The summed E-state index contributed by atoms with van der Waals surface area (Å²) in [5, 5.41) is 16.0. The van der Waals surface area contributed by atoms with Crippen LogP contribution in [0.5, 0.6) is 11.5 Å². The van der Waals surface area contributed by atoms with Crippen LogP contribution in [0, 0.1) is 16.0 Å². The molecule has 2 amide bonds. The number of nitrogens with one attached hydrogen (secondary N) is 2. The van der Waals surface area contributed by atoms with Gasteiger partial charge in [-0.2, -0.15) is 0 Å². The third-order valence-corrected chi connectivity index (χ3v) is 15.6. The zero-order valence-electron chi connectivity index (χ0n) is 37.9. The van der Waals surface area contributed by atoms with Gasteiger partial charge in [-0.15, -0.1) is 0 Å². The number of piperazine rings is 1. The molecule has 17 nitrogen and oxygen atoms in total. The lowest BCUT2D eigenvalue weighted by atomic mass is 9.97. The number of rotatable bonds is 16. The third-order valence-electron chi connectivity index (χ3n) is 12.6. The fourth-order valence-corrected chi connectivity index (χ4v) is 10.4. The number of amides is 2. The molecular formula is C47H58N8O9SSi. The van der Waals surface area contributed by atoms with Gasteiger partial charge < -0.3 is 33.9 Å². The summed E-state index contributed by atoms with van der Waals surface area (Å²) in [6.07, 6.45) is 5.84. The number of nitro groups is 1. The Bertz CT molecular complexity index is 2690. The fraction of sp³-hybridized carbons (Fsp3) is 0.426. The van der Waals surface area contributed by atoms with Crippen LogP contribution in [0.4, 0.5) is 17.1 Å². The zero-order valence-corrected chi connectivity index (χ0v) is 39.7. The monoisotopic (exact) mass is 938 g/mol. The van der Waals surface area contributed by atoms with Gasteiger partial charge in [-0.3, -0.25) is 24.6 Å². The lowest BCUT2D eigenvalue weighted by Crippen LogP contribution is -2.51. The lowest BCUT2D eigenvalue weighted by Gasteiger charge is -2.40. The smallest absolute Gasteiger partial charge is 0.293 e. The number of benzene rings is 3. The highest BCUT2D eigenvalue weighted by Crippen LogP contribution is 2.35. The van der Waals surface area contributed by atoms with Crippen LogP contribution in [0.3, 0.4) is 0 Å². The number of fused-ring (bicyclic) bond motifs is 2. The van der Waals surface area contributed by atoms with E-state index >= 15 is 0 Å². The number of ether oxygens (including phenoxy) is 3. The van der Waals surface area contributed by atoms with Crippen molar-refractivity contribution in [3.05, 3.63) is 112 Å². The average Bonchev–Trinajstić information content (AvgIpc) is 3.65. The van der Waals surface area contributed by atoms with E-state index in [1.54, 1.807) is 29.3 Å². The summed E-state index contributed by atoms with van der Waals surface area (Å²) < 4.78 is 49.4. The number of nitrogens with zero attached hydrogens (tertiary/aromatic N) is 6. The predicted molar refractivity (Wildman–Crippen MR) is 254 cm³/mol. The molecule has 2 aromatic heterocycles. The Morgan fingerprint density at radius 3 is 2.52 bits per heavy atom. The minimum Gasteiger partial charge on any atom is -0.455 e. The number of pyridine rings is 1. The molecule has 3 aliphatic heterocycles. The number of carbonyl (C=O) groups is 2. The van der Waals surface area contributed by atoms with E-state index in [9.17, 15) is 28.1 Å². The molecule has 350 valence electrons. The van der Waals surface area contributed by atoms with Crippen LogP contribution in [-0.4, -0.2) is 119 Å². The SMILES string of the molecule is CN1CCc2ccccc2C(N2CCN(c3ccc(C(=O)NS(=O)(=O)c4ccc(NCC5CCOCC5)c([N+](=O)[O-])c4)c(Oc4cnc5c(ccn5COCC[Si](C)(C)C)c4)c3)CC2)C1=O. The van der Waals surface area contributed by atoms with E-state index in [1.807, 2.05) is 42.1 Å². The molecule has 19 heteroatoms. The Morgan fingerprint density at radius 2 is 1.76 bits per heavy atom. The zero-order chi connectivity index (χ0) is 46.6. The highest BCUT2D eigenvalue weighted by Gasteiger charge is 2.36. The summed E-state index contributed by atoms with van der Waals surface area (Å²) >= 11 is 0. The van der Waals surface area contributed by atoms with Crippen molar-refractivity contribution >= 4 is 58.0 Å². The number of likely N-dealkylation sites (N-methyl/N-ethyl adjacent to an activating group) is 1. The van der Waals surface area contributed by atoms with Crippen molar-refractivity contribution in [3.8, 4) is 11.5 Å². The molecule has 66 heavy (non-hydrogen) atoms. The van der Waals surface area contributed by atoms with Gasteiger partial charge in [-0.1, -0.05) is 43.9 Å². The minimum absolute atomic E-state index is 0.0673. The van der Waals surface area contributed by atoms with Crippen molar-refractivity contribution in [1.82, 2.24) is 24.1 Å². The molecule has 5 heterocycles. The molecular weight excluding hydrogens is 881 g/mol. The van der Waals surface area contributed by atoms with Crippen LogP contribution in [0.25, 0.3) is 11.0 Å². The maximum atomic E-state index is 14.1. The van der Waals surface area contributed by atoms with E-state index < -0.39 is 45.6 Å². The molecule has 0 bridgehead atoms. The quantitative estimate of drug-likeness (QED) is 0.0451. The molecule has 0 saturated carbocycles. The summed E-state index contributed by atoms with van der Waals surface area (Å²) in [5.74, 6) is -0.277. The first kappa shape index (κ1) is 46.7. The van der Waals surface area contributed by atoms with Crippen molar-refractivity contribution in [2.45, 2.75) is 62.6 Å². The Kier molecular flexibility index (Phi) is 14.1. The number of hydrogen-bond donors (Lipinski definition) is 2. The van der Waals surface area contributed by atoms with Gasteiger partial charge in [0.2, 0.25) is 5.91 Å². The van der Waals surface area contributed by atoms with Crippen LogP contribution in [-0.2, 0) is 37.4 Å². The largest absolute Gasteiger partial charge is 0.455 e. The highest BCUT2D eigenvalue weighted by molar-refractivity contribution is 7.90. The topological polar surface area (TPSA) is 191 Å². The molecule has 0 radical (unpaired) electrons. The van der Waals surface area contributed by atoms with Gasteiger partial charge in [0.05, 0.1) is 21.6 Å². The number of anilines is 2. The maximum Gasteiger partial charge on any atom is 0.293 e. The summed E-state index contributed by atoms with van der Waals surface area (Å²) in [7, 11) is -4.01. The summed E-state index contributed by atoms with van der Waals surface area (Å²) in [6, 6.07) is 20.9. The van der Waals surface area contributed by atoms with Crippen molar-refractivity contribution < 1.29 is 37.1 Å². The Hall–Kier alpha value is -5.86. The maximum absolute atomic E-state index is 14.1. The molecule has 2 saturated heterocycles. The van der Waals surface area contributed by atoms with Crippen molar-refractivity contribution in [2.24, 2.45) is 5.92 Å². The first-order chi connectivity index (χ1) is 31.6. The molecule has 0 spiro atoms. The summed E-state index contributed by atoms with van der Waals surface area (Å²) in [4.78, 5) is 49.7. The van der Waals surface area contributed by atoms with E-state index in [0.717, 1.165) is 48.0 Å². The highest BCUT2D eigenvalue weighted by atomic mass is 32.2. The van der Waals surface area contributed by atoms with Crippen LogP contribution < -0.4 is 19.7 Å². The molecule has 3 aromatic carbocycles. The fourth-order valence-electron chi connectivity index (χ4n) is 8.65. The molecule has 8 rings (SSSR count). The molecule has 1 unspecified atom stereocenters.